The summed E-state index contributed by atoms with van der Waals surface area (Å²) < 4.78 is 22.1. The zero-order valence-corrected chi connectivity index (χ0v) is 22.2. The van der Waals surface area contributed by atoms with Gasteiger partial charge >= 0.3 is 5.97 Å². The van der Waals surface area contributed by atoms with Crippen molar-refractivity contribution in [2.75, 3.05) is 32.8 Å². The summed E-state index contributed by atoms with van der Waals surface area (Å²) in [7, 11) is 4.57. The quantitative estimate of drug-likeness (QED) is 0.540. The Kier molecular flexibility index (Phi) is 7.21. The smallest absolute Gasteiger partial charge is 0.338 e. The predicted octanol–water partition coefficient (Wildman–Crippen LogP) is 4.69. The van der Waals surface area contributed by atoms with Crippen molar-refractivity contribution in [3.8, 4) is 17.2 Å². The van der Waals surface area contributed by atoms with Crippen molar-refractivity contribution in [3.05, 3.63) is 70.7 Å². The first-order valence-corrected chi connectivity index (χ1v) is 12.3. The van der Waals surface area contributed by atoms with Gasteiger partial charge in [-0.1, -0.05) is 32.0 Å². The molecule has 0 spiro atoms. The maximum Gasteiger partial charge on any atom is 0.338 e. The van der Waals surface area contributed by atoms with E-state index in [2.05, 4.69) is 13.8 Å². The summed E-state index contributed by atoms with van der Waals surface area (Å²) in [5.41, 5.74) is 9.42. The van der Waals surface area contributed by atoms with Crippen LogP contribution >= 0.6 is 0 Å². The third kappa shape index (κ3) is 4.63. The topological polar surface area (TPSA) is 100 Å². The van der Waals surface area contributed by atoms with Gasteiger partial charge in [0.1, 0.15) is 5.82 Å². The van der Waals surface area contributed by atoms with Crippen LogP contribution in [-0.2, 0) is 14.3 Å². The maximum atomic E-state index is 13.9. The minimum absolute atomic E-state index is 0.0415. The van der Waals surface area contributed by atoms with Gasteiger partial charge in [0.2, 0.25) is 5.75 Å². The van der Waals surface area contributed by atoms with E-state index in [1.165, 1.54) is 21.3 Å². The third-order valence-electron chi connectivity index (χ3n) is 6.79. The van der Waals surface area contributed by atoms with Crippen molar-refractivity contribution in [2.45, 2.75) is 39.5 Å². The monoisotopic (exact) mass is 506 g/mol. The Bertz CT molecular complexity index is 1250. The number of ether oxygens (including phenoxy) is 4. The first kappa shape index (κ1) is 26.1. The predicted molar refractivity (Wildman–Crippen MR) is 141 cm³/mol. The van der Waals surface area contributed by atoms with E-state index in [-0.39, 0.29) is 29.2 Å². The molecule has 0 saturated heterocycles. The molecule has 1 atom stereocenters. The first-order chi connectivity index (χ1) is 17.7. The van der Waals surface area contributed by atoms with Crippen molar-refractivity contribution in [3.63, 3.8) is 0 Å². The Labute approximate surface area is 217 Å². The fourth-order valence-corrected chi connectivity index (χ4v) is 5.29. The third-order valence-corrected chi connectivity index (χ3v) is 6.79. The summed E-state index contributed by atoms with van der Waals surface area (Å²) in [5.74, 6) is 0.0724. The summed E-state index contributed by atoms with van der Waals surface area (Å²) in [5, 5.41) is 0. The molecule has 0 radical (unpaired) electrons. The van der Waals surface area contributed by atoms with Crippen LogP contribution in [0.3, 0.4) is 0 Å². The van der Waals surface area contributed by atoms with Crippen molar-refractivity contribution in [1.82, 2.24) is 0 Å². The van der Waals surface area contributed by atoms with Crippen molar-refractivity contribution in [1.29, 1.82) is 0 Å². The fraction of sp³-hybridized carbons (Fsp3) is 0.379. The zero-order chi connectivity index (χ0) is 26.9. The number of carbonyl (C=O) groups excluding carboxylic acids is 2. The van der Waals surface area contributed by atoms with Crippen LogP contribution in [0.15, 0.2) is 65.1 Å². The largest absolute Gasteiger partial charge is 0.493 e. The van der Waals surface area contributed by atoms with Crippen LogP contribution in [0.2, 0.25) is 0 Å². The van der Waals surface area contributed by atoms with Gasteiger partial charge in [-0.05, 0) is 48.6 Å². The molecule has 2 N–H and O–H groups in total. The number of carbonyl (C=O) groups is 2. The maximum absolute atomic E-state index is 13.9. The van der Waals surface area contributed by atoms with E-state index in [1.54, 1.807) is 19.1 Å². The van der Waals surface area contributed by atoms with Crippen molar-refractivity contribution >= 4 is 17.4 Å². The van der Waals surface area contributed by atoms with Crippen LogP contribution in [0.5, 0.6) is 17.2 Å². The summed E-state index contributed by atoms with van der Waals surface area (Å²) in [6, 6.07) is 13.0. The average Bonchev–Trinajstić information content (AvgIpc) is 2.86. The Morgan fingerprint density at radius 2 is 1.65 bits per heavy atom. The lowest BCUT2D eigenvalue weighted by molar-refractivity contribution is -0.138. The lowest BCUT2D eigenvalue weighted by Crippen LogP contribution is -2.43. The number of nitrogens with two attached hydrogens (primary N) is 1. The van der Waals surface area contributed by atoms with Gasteiger partial charge in [0.15, 0.2) is 17.3 Å². The molecule has 0 aromatic heterocycles. The first-order valence-electron chi connectivity index (χ1n) is 12.3. The molecule has 2 aliphatic rings. The number of rotatable bonds is 7. The van der Waals surface area contributed by atoms with E-state index in [0.717, 1.165) is 11.4 Å². The number of allylic oxidation sites excluding steroid dienone is 2. The fourth-order valence-electron chi connectivity index (χ4n) is 5.29. The number of para-hydroxylation sites is 1. The van der Waals surface area contributed by atoms with E-state index in [0.29, 0.717) is 41.2 Å². The molecule has 2 aromatic carbocycles. The second kappa shape index (κ2) is 10.2. The van der Waals surface area contributed by atoms with Gasteiger partial charge < -0.3 is 24.7 Å². The van der Waals surface area contributed by atoms with Crippen LogP contribution in [-0.4, -0.2) is 39.7 Å². The zero-order valence-electron chi connectivity index (χ0n) is 22.2. The lowest BCUT2D eigenvalue weighted by Gasteiger charge is -2.44. The summed E-state index contributed by atoms with van der Waals surface area (Å²) in [6.07, 6.45) is 0.937. The molecule has 0 saturated carbocycles. The molecule has 0 bridgehead atoms. The summed E-state index contributed by atoms with van der Waals surface area (Å²) in [4.78, 5) is 29.2. The van der Waals surface area contributed by atoms with Crippen LogP contribution in [0.25, 0.3) is 0 Å². The minimum Gasteiger partial charge on any atom is -0.493 e. The van der Waals surface area contributed by atoms with E-state index in [4.69, 9.17) is 24.7 Å². The number of hydrogen-bond donors (Lipinski definition) is 1. The molecular formula is C29H34N2O6. The molecule has 4 rings (SSSR count). The summed E-state index contributed by atoms with van der Waals surface area (Å²) in [6.45, 7) is 6.02. The van der Waals surface area contributed by atoms with Gasteiger partial charge in [-0.3, -0.25) is 9.69 Å². The van der Waals surface area contributed by atoms with Crippen LogP contribution in [0.1, 0.15) is 45.1 Å². The van der Waals surface area contributed by atoms with Gasteiger partial charge in [0.05, 0.1) is 39.4 Å². The average molecular weight is 507 g/mol. The van der Waals surface area contributed by atoms with Crippen LogP contribution in [0, 0.1) is 5.41 Å². The van der Waals surface area contributed by atoms with E-state index < -0.39 is 11.9 Å². The number of hydrogen-bond acceptors (Lipinski definition) is 8. The Morgan fingerprint density at radius 3 is 2.19 bits per heavy atom. The van der Waals surface area contributed by atoms with Gasteiger partial charge in [-0.2, -0.15) is 0 Å². The number of benzene rings is 2. The molecule has 8 nitrogen and oxygen atoms in total. The molecule has 1 aliphatic carbocycles. The lowest BCUT2D eigenvalue weighted by atomic mass is 9.68. The molecule has 37 heavy (non-hydrogen) atoms. The van der Waals surface area contributed by atoms with Crippen molar-refractivity contribution < 1.29 is 28.5 Å². The van der Waals surface area contributed by atoms with Gasteiger partial charge in [-0.25, -0.2) is 4.79 Å². The van der Waals surface area contributed by atoms with Crippen molar-refractivity contribution in [2.24, 2.45) is 11.1 Å². The molecular weight excluding hydrogens is 472 g/mol. The number of methoxy groups -OCH3 is 3. The minimum atomic E-state index is -0.772. The van der Waals surface area contributed by atoms with E-state index in [9.17, 15) is 9.59 Å². The summed E-state index contributed by atoms with van der Waals surface area (Å²) >= 11 is 0. The second-order valence-electron chi connectivity index (χ2n) is 9.88. The number of nitrogens with zero attached hydrogens (tertiary/aromatic N) is 1. The second-order valence-corrected chi connectivity index (χ2v) is 9.88. The van der Waals surface area contributed by atoms with Gasteiger partial charge in [0, 0.05) is 23.4 Å². The molecule has 0 unspecified atom stereocenters. The molecule has 196 valence electrons. The standard InChI is InChI=1S/C29H34N2O6/c1-7-37-28(33)25-23(17-13-21(34-4)26(36-6)22(14-17)35-5)24-19(15-29(2,3)16-20(24)32)31(27(25)30)18-11-9-8-10-12-18/h8-14,23H,7,15-16,30H2,1-6H3/t23-/m0/s1. The highest BCUT2D eigenvalue weighted by atomic mass is 16.5. The number of esters is 1. The van der Waals surface area contributed by atoms with Gasteiger partial charge in [-0.15, -0.1) is 0 Å². The number of anilines is 1. The van der Waals surface area contributed by atoms with Gasteiger partial charge in [0.25, 0.3) is 0 Å². The molecule has 0 fully saturated rings. The highest BCUT2D eigenvalue weighted by molar-refractivity contribution is 6.05. The van der Waals surface area contributed by atoms with E-state index in [1.807, 2.05) is 35.2 Å². The molecule has 8 heteroatoms. The number of Topliss-reactive ketones (excluding diaryl/α,β-unsaturated/α-hetero) is 1. The Morgan fingerprint density at radius 1 is 1.03 bits per heavy atom. The Balaban J connectivity index is 2.07. The highest BCUT2D eigenvalue weighted by Crippen LogP contribution is 2.52. The molecule has 1 heterocycles. The highest BCUT2D eigenvalue weighted by Gasteiger charge is 2.47. The number of ketones is 1. The van der Waals surface area contributed by atoms with Crippen LogP contribution < -0.4 is 24.8 Å². The SMILES string of the molecule is CCOC(=O)C1=C(N)N(c2ccccc2)C2=C(C(=O)CC(C)(C)C2)[C@@H]1c1cc(OC)c(OC)c(OC)c1. The molecule has 1 aliphatic heterocycles. The Hall–Kier alpha value is -3.94. The van der Waals surface area contributed by atoms with Crippen LogP contribution in [0.4, 0.5) is 5.69 Å². The molecule has 0 amide bonds. The normalized spacial score (nSPS) is 18.9. The molecule has 2 aromatic rings. The van der Waals surface area contributed by atoms with E-state index >= 15 is 0 Å².